The molecule has 588 valence electrons. The van der Waals surface area contributed by atoms with Crippen LogP contribution in [-0.4, -0.2) is 106 Å². The maximum Gasteiger partial charge on any atom is 0.586 e. The first-order valence-corrected chi connectivity index (χ1v) is 42.6. The van der Waals surface area contributed by atoms with Crippen molar-refractivity contribution in [1.82, 2.24) is 77.7 Å². The third kappa shape index (κ3) is 19.0. The molecule has 0 saturated heterocycles. The molecular weight excluding hydrogens is 1450 g/mol. The molecule has 0 amide bonds. The minimum atomic E-state index is -3.63. The van der Waals surface area contributed by atoms with Gasteiger partial charge in [0.1, 0.15) is 30.5 Å². The fourth-order valence-corrected chi connectivity index (χ4v) is 17.9. The molecule has 0 bridgehead atoms. The van der Waals surface area contributed by atoms with Crippen LogP contribution in [0, 0.1) is 27.7 Å². The summed E-state index contributed by atoms with van der Waals surface area (Å²) in [6.07, 6.45) is 18.5. The predicted molar refractivity (Wildman–Crippen MR) is 444 cm³/mol. The molecular formula is C87H106F2N16O5SSi. The van der Waals surface area contributed by atoms with Gasteiger partial charge in [0.25, 0.3) is 0 Å². The molecule has 2 aliphatic rings. The molecule has 0 radical (unpaired) electrons. The summed E-state index contributed by atoms with van der Waals surface area (Å²) in [6.45, 7) is 43.9. The van der Waals surface area contributed by atoms with Crippen LogP contribution in [0.5, 0.6) is 17.2 Å². The Kier molecular flexibility index (Phi) is 26.2. The smallest absolute Gasteiger partial charge is 0.492 e. The Morgan fingerprint density at radius 1 is 0.500 bits per heavy atom. The van der Waals surface area contributed by atoms with E-state index in [1.54, 1.807) is 87.6 Å². The van der Waals surface area contributed by atoms with E-state index in [1.807, 2.05) is 85.9 Å². The molecule has 0 N–H and O–H groups in total. The van der Waals surface area contributed by atoms with Crippen LogP contribution in [0.4, 0.5) is 8.78 Å². The van der Waals surface area contributed by atoms with Crippen molar-refractivity contribution in [3.05, 3.63) is 239 Å². The van der Waals surface area contributed by atoms with Gasteiger partial charge < -0.3 is 41.6 Å². The molecule has 0 fully saturated rings. The minimum Gasteiger partial charge on any atom is -0.492 e. The molecule has 2 aliphatic heterocycles. The molecule has 6 aromatic carbocycles. The molecule has 0 unspecified atom stereocenters. The Morgan fingerprint density at radius 2 is 0.991 bits per heavy atom. The van der Waals surface area contributed by atoms with Crippen molar-refractivity contribution in [1.29, 1.82) is 0 Å². The molecule has 21 nitrogen and oxygen atoms in total. The second kappa shape index (κ2) is 35.7. The topological polar surface area (TPSA) is 209 Å². The van der Waals surface area contributed by atoms with Crippen molar-refractivity contribution >= 4 is 45.9 Å². The SMILES string of the molecule is CCOc1cc(C(C)C)ccc1-n1cnc(C)c1.CCc1ncn(-c2ccc(C(C)C)cc2)n1.COCc1ncn(-c2ccc(C(C)C)c3ncsc23)n1.Cc1cn(-c2ccc(C(C)C)c3c2CC[Si]3(C)C)cn1.Cc1cn(-c2ccc(C(C)C)c3c2OC(F)(F)O3)cn1.Cc1cn(-c2ccc(C(C)C)c3ncoc23)cn1. The number of ether oxygens (including phenoxy) is 4. The number of halogens is 2. The Balaban J connectivity index is 0.000000133. The second-order valence-corrected chi connectivity index (χ2v) is 36.3. The monoisotopic (exact) mass is 1550 g/mol. The Bertz CT molecular complexity index is 5460. The number of alkyl halides is 2. The lowest BCUT2D eigenvalue weighted by Crippen LogP contribution is -2.40. The van der Waals surface area contributed by atoms with Gasteiger partial charge in [0.05, 0.1) is 107 Å². The first-order valence-electron chi connectivity index (χ1n) is 38.5. The number of thiazole rings is 1. The van der Waals surface area contributed by atoms with E-state index in [4.69, 9.17) is 13.9 Å². The van der Waals surface area contributed by atoms with Crippen LogP contribution < -0.4 is 19.4 Å². The Morgan fingerprint density at radius 3 is 1.54 bits per heavy atom. The van der Waals surface area contributed by atoms with E-state index in [-0.39, 0.29) is 17.4 Å². The summed E-state index contributed by atoms with van der Waals surface area (Å²) in [5.41, 5.74) is 23.5. The van der Waals surface area contributed by atoms with Gasteiger partial charge in [-0.2, -0.15) is 5.10 Å². The van der Waals surface area contributed by atoms with Gasteiger partial charge >= 0.3 is 6.29 Å². The molecule has 0 aliphatic carbocycles. The number of imidazole rings is 4. The number of aryl methyl sites for hydroxylation is 5. The van der Waals surface area contributed by atoms with E-state index in [2.05, 4.69) is 245 Å². The summed E-state index contributed by atoms with van der Waals surface area (Å²) in [6, 6.07) is 32.8. The summed E-state index contributed by atoms with van der Waals surface area (Å²) >= 11 is 1.63. The zero-order valence-electron chi connectivity index (χ0n) is 68.4. The maximum absolute atomic E-state index is 13.4. The second-order valence-electron chi connectivity index (χ2n) is 30.7. The van der Waals surface area contributed by atoms with Crippen LogP contribution in [0.2, 0.25) is 19.1 Å². The predicted octanol–water partition coefficient (Wildman–Crippen LogP) is 20.6. The molecule has 0 spiro atoms. The van der Waals surface area contributed by atoms with Crippen molar-refractivity contribution in [3.8, 4) is 51.4 Å². The van der Waals surface area contributed by atoms with Crippen LogP contribution >= 0.6 is 11.3 Å². The molecule has 25 heteroatoms. The van der Waals surface area contributed by atoms with Crippen LogP contribution in [0.3, 0.4) is 0 Å². The number of nitrogens with zero attached hydrogens (tertiary/aromatic N) is 16. The van der Waals surface area contributed by atoms with Gasteiger partial charge in [-0.1, -0.05) is 151 Å². The zero-order valence-corrected chi connectivity index (χ0v) is 70.3. The molecule has 16 rings (SSSR count). The van der Waals surface area contributed by atoms with Gasteiger partial charge in [0.2, 0.25) is 0 Å². The molecule has 0 atom stereocenters. The number of oxazole rings is 1. The summed E-state index contributed by atoms with van der Waals surface area (Å²) in [5, 5.41) is 10.5. The number of hydrogen-bond acceptors (Lipinski definition) is 16. The lowest BCUT2D eigenvalue weighted by molar-refractivity contribution is -0.286. The van der Waals surface area contributed by atoms with Crippen LogP contribution in [0.15, 0.2) is 170 Å². The number of fused-ring (bicyclic) bond motifs is 4. The average Bonchev–Trinajstić information content (AvgIpc) is 1.59. The number of rotatable bonds is 17. The van der Waals surface area contributed by atoms with E-state index < -0.39 is 14.4 Å². The molecule has 0 saturated carbocycles. The largest absolute Gasteiger partial charge is 0.586 e. The van der Waals surface area contributed by atoms with Crippen molar-refractivity contribution in [2.45, 2.75) is 205 Å². The molecule has 10 heterocycles. The summed E-state index contributed by atoms with van der Waals surface area (Å²) < 4.78 is 65.1. The molecule has 8 aromatic heterocycles. The third-order valence-corrected chi connectivity index (χ3v) is 24.0. The number of benzene rings is 6. The van der Waals surface area contributed by atoms with Crippen molar-refractivity contribution in [2.24, 2.45) is 0 Å². The highest BCUT2D eigenvalue weighted by Crippen LogP contribution is 2.49. The summed E-state index contributed by atoms with van der Waals surface area (Å²) in [5.74, 6) is 5.26. The Hall–Kier alpha value is -10.8. The fraction of sp³-hybridized carbons (Fsp3) is 0.379. The highest BCUT2D eigenvalue weighted by molar-refractivity contribution is 7.17. The van der Waals surface area contributed by atoms with Crippen molar-refractivity contribution in [3.63, 3.8) is 0 Å². The lowest BCUT2D eigenvalue weighted by atomic mass is 9.98. The fourth-order valence-electron chi connectivity index (χ4n) is 13.7. The highest BCUT2D eigenvalue weighted by Gasteiger charge is 2.46. The van der Waals surface area contributed by atoms with Gasteiger partial charge in [-0.3, -0.25) is 0 Å². The van der Waals surface area contributed by atoms with Gasteiger partial charge in [-0.25, -0.2) is 49.2 Å². The van der Waals surface area contributed by atoms with Crippen molar-refractivity contribution in [2.75, 3.05) is 13.7 Å². The van der Waals surface area contributed by atoms with Crippen molar-refractivity contribution < 1.29 is 32.1 Å². The molecule has 112 heavy (non-hydrogen) atoms. The third-order valence-electron chi connectivity index (χ3n) is 19.7. The zero-order chi connectivity index (χ0) is 80.5. The average molecular weight is 1550 g/mol. The van der Waals surface area contributed by atoms with Crippen LogP contribution in [0.25, 0.3) is 55.4 Å². The van der Waals surface area contributed by atoms with Crippen LogP contribution in [-0.2, 0) is 24.2 Å². The van der Waals surface area contributed by atoms with E-state index in [9.17, 15) is 8.78 Å². The number of aromatic nitrogens is 16. The van der Waals surface area contributed by atoms with Gasteiger partial charge in [0, 0.05) is 49.6 Å². The minimum absolute atomic E-state index is 0.0543. The first kappa shape index (κ1) is 82.2. The van der Waals surface area contributed by atoms with Gasteiger partial charge in [0.15, 0.2) is 35.1 Å². The normalized spacial score (nSPS) is 13.1. The van der Waals surface area contributed by atoms with E-state index >= 15 is 0 Å². The van der Waals surface area contributed by atoms with Gasteiger partial charge in [-0.05, 0) is 165 Å². The number of methoxy groups -OCH3 is 1. The Labute approximate surface area is 661 Å². The molecule has 14 aromatic rings. The maximum atomic E-state index is 13.4. The highest BCUT2D eigenvalue weighted by atomic mass is 32.1. The summed E-state index contributed by atoms with van der Waals surface area (Å²) in [7, 11) is 0.379. The first-order chi connectivity index (χ1) is 53.5. The van der Waals surface area contributed by atoms with E-state index in [0.717, 1.165) is 84.8 Å². The standard InChI is InChI=1S/C17H24N2Si.C15H20N2O.C14H14F2N2O2.C14H16N4OS.C14H15N3O.C13H17N3/c1-12(2)14-6-7-16(19-10-13(3)18-11-19)15-8-9-20(4,5)17(14)15;1-5-18-15-8-13(11(2)3)6-7-14(15)17-9-12(4)16-10-17;1-8(2)10-4-5-11(18-6-9(3)17-7-18)13-12(10)19-14(15,16)20-13;1-9(2)10-4-5-11(14-13(10)16-8-20-14)18-7-15-12(17-18)6-19-3;1-9(2)11-4-5-12(14-13(11)16-8-18-14)17-6-10(3)15-7-17;1-4-13-14-9-16(15-13)12-7-5-11(6-8-12)10(2)3/h6-7,10-12H,8-9H2,1-5H3;6-11H,5H2,1-4H3;4-8H,1-3H3;4-5,7-9H,6H2,1-3H3;4-9H,1-3H3;5-10H,4H2,1-3H3. The van der Waals surface area contributed by atoms with Gasteiger partial charge in [-0.15, -0.1) is 25.2 Å². The van der Waals surface area contributed by atoms with Crippen LogP contribution in [0.1, 0.15) is 206 Å². The lowest BCUT2D eigenvalue weighted by Gasteiger charge is -2.24. The quantitative estimate of drug-likeness (QED) is 0.0777. The summed E-state index contributed by atoms with van der Waals surface area (Å²) in [4.78, 5) is 34.3. The van der Waals surface area contributed by atoms with E-state index in [0.29, 0.717) is 59.9 Å². The van der Waals surface area contributed by atoms with E-state index in [1.165, 1.54) is 46.8 Å². The number of hydrogen-bond donors (Lipinski definition) is 0.